The van der Waals surface area contributed by atoms with Gasteiger partial charge in [0.1, 0.15) is 0 Å². The van der Waals surface area contributed by atoms with Crippen molar-refractivity contribution in [2.75, 3.05) is 5.75 Å². The summed E-state index contributed by atoms with van der Waals surface area (Å²) in [5, 5.41) is 14.6. The Morgan fingerprint density at radius 3 is 2.33 bits per heavy atom. The third kappa shape index (κ3) is 6.15. The predicted octanol–water partition coefficient (Wildman–Crippen LogP) is 3.00. The zero-order valence-electron chi connectivity index (χ0n) is 14.9. The second-order valence-electron chi connectivity index (χ2n) is 6.52. The van der Waals surface area contributed by atoms with Gasteiger partial charge in [-0.3, -0.25) is 9.59 Å². The van der Waals surface area contributed by atoms with Crippen LogP contribution in [-0.4, -0.2) is 23.6 Å². The van der Waals surface area contributed by atoms with Crippen LogP contribution >= 0.6 is 11.8 Å². The molecule has 0 spiro atoms. The Hall–Kier alpha value is -2.78. The average Bonchev–Trinajstić information content (AvgIpc) is 3.51. The van der Waals surface area contributed by atoms with E-state index in [9.17, 15) is 9.59 Å². The van der Waals surface area contributed by atoms with Gasteiger partial charge in [0.05, 0.1) is 17.4 Å². The van der Waals surface area contributed by atoms with Crippen molar-refractivity contribution >= 4 is 23.6 Å². The fourth-order valence-corrected chi connectivity index (χ4v) is 3.28. The molecule has 1 aliphatic carbocycles. The van der Waals surface area contributed by atoms with Crippen LogP contribution in [0.15, 0.2) is 48.5 Å². The van der Waals surface area contributed by atoms with Gasteiger partial charge in [-0.15, -0.1) is 11.8 Å². The van der Waals surface area contributed by atoms with Crippen LogP contribution < -0.4 is 10.6 Å². The van der Waals surface area contributed by atoms with E-state index in [0.717, 1.165) is 29.7 Å². The van der Waals surface area contributed by atoms with E-state index < -0.39 is 0 Å². The molecular weight excluding hydrogens is 358 g/mol. The van der Waals surface area contributed by atoms with E-state index >= 15 is 0 Å². The molecule has 0 aliphatic heterocycles. The van der Waals surface area contributed by atoms with Crippen molar-refractivity contribution in [2.45, 2.75) is 31.2 Å². The second-order valence-corrected chi connectivity index (χ2v) is 7.51. The average molecular weight is 379 g/mol. The van der Waals surface area contributed by atoms with E-state index in [4.69, 9.17) is 5.26 Å². The number of benzene rings is 2. The minimum Gasteiger partial charge on any atom is -0.351 e. The number of nitriles is 1. The summed E-state index contributed by atoms with van der Waals surface area (Å²) >= 11 is 1.53. The van der Waals surface area contributed by atoms with Crippen LogP contribution in [-0.2, 0) is 17.1 Å². The van der Waals surface area contributed by atoms with Crippen molar-refractivity contribution in [1.29, 1.82) is 5.26 Å². The summed E-state index contributed by atoms with van der Waals surface area (Å²) in [7, 11) is 0. The maximum Gasteiger partial charge on any atom is 0.251 e. The predicted molar refractivity (Wildman–Crippen MR) is 106 cm³/mol. The van der Waals surface area contributed by atoms with Crippen LogP contribution in [0.4, 0.5) is 0 Å². The van der Waals surface area contributed by atoms with Gasteiger partial charge in [-0.2, -0.15) is 5.26 Å². The number of thioether (sulfide) groups is 1. The minimum absolute atomic E-state index is 0.0239. The Labute approximate surface area is 163 Å². The van der Waals surface area contributed by atoms with Gasteiger partial charge >= 0.3 is 0 Å². The summed E-state index contributed by atoms with van der Waals surface area (Å²) in [5.41, 5.74) is 3.34. The molecule has 0 heterocycles. The standard InChI is InChI=1S/C21H21N3O2S/c22-11-15-1-3-17(4-2-15)13-27-14-20(25)23-12-16-5-7-18(8-6-16)21(26)24-19-9-10-19/h1-8,19H,9-10,12-14H2,(H,23,25)(H,24,26). The number of amides is 2. The molecule has 0 aromatic heterocycles. The molecule has 0 atom stereocenters. The van der Waals surface area contributed by atoms with Crippen molar-refractivity contribution in [3.05, 3.63) is 70.8 Å². The lowest BCUT2D eigenvalue weighted by Crippen LogP contribution is -2.26. The second kappa shape index (κ2) is 9.24. The molecule has 1 fully saturated rings. The number of carbonyl (C=O) groups is 2. The highest BCUT2D eigenvalue weighted by Crippen LogP contribution is 2.19. The van der Waals surface area contributed by atoms with E-state index in [1.165, 1.54) is 11.8 Å². The largest absolute Gasteiger partial charge is 0.351 e. The van der Waals surface area contributed by atoms with Crippen molar-refractivity contribution in [3.63, 3.8) is 0 Å². The van der Waals surface area contributed by atoms with E-state index in [0.29, 0.717) is 29.5 Å². The van der Waals surface area contributed by atoms with Crippen LogP contribution in [0.25, 0.3) is 0 Å². The summed E-state index contributed by atoms with van der Waals surface area (Å²) in [5.74, 6) is 1.04. The third-order valence-corrected chi connectivity index (χ3v) is 5.21. The SMILES string of the molecule is N#Cc1ccc(CSCC(=O)NCc2ccc(C(=O)NC3CC3)cc2)cc1. The van der Waals surface area contributed by atoms with Crippen molar-refractivity contribution < 1.29 is 9.59 Å². The normalized spacial score (nSPS) is 12.9. The van der Waals surface area contributed by atoms with Gasteiger partial charge in [-0.05, 0) is 48.2 Å². The van der Waals surface area contributed by atoms with Crippen molar-refractivity contribution in [1.82, 2.24) is 10.6 Å². The molecule has 5 nitrogen and oxygen atoms in total. The highest BCUT2D eigenvalue weighted by atomic mass is 32.2. The topological polar surface area (TPSA) is 82.0 Å². The number of rotatable bonds is 8. The van der Waals surface area contributed by atoms with Gasteiger partial charge in [-0.1, -0.05) is 24.3 Å². The highest BCUT2D eigenvalue weighted by Gasteiger charge is 2.23. The maximum atomic E-state index is 12.0. The lowest BCUT2D eigenvalue weighted by molar-refractivity contribution is -0.118. The highest BCUT2D eigenvalue weighted by molar-refractivity contribution is 7.99. The van der Waals surface area contributed by atoms with Crippen LogP contribution in [0.3, 0.4) is 0 Å². The summed E-state index contributed by atoms with van der Waals surface area (Å²) in [4.78, 5) is 23.9. The fourth-order valence-electron chi connectivity index (χ4n) is 2.46. The van der Waals surface area contributed by atoms with Gasteiger partial charge in [-0.25, -0.2) is 0 Å². The first-order valence-corrected chi connectivity index (χ1v) is 10.0. The van der Waals surface area contributed by atoms with Gasteiger partial charge in [0.2, 0.25) is 5.91 Å². The molecule has 3 rings (SSSR count). The van der Waals surface area contributed by atoms with Crippen LogP contribution in [0, 0.1) is 11.3 Å². The Morgan fingerprint density at radius 1 is 1.04 bits per heavy atom. The molecule has 27 heavy (non-hydrogen) atoms. The number of hydrogen-bond acceptors (Lipinski definition) is 4. The summed E-state index contributed by atoms with van der Waals surface area (Å²) in [6.07, 6.45) is 2.14. The molecule has 0 radical (unpaired) electrons. The number of carbonyl (C=O) groups excluding carboxylic acids is 2. The van der Waals surface area contributed by atoms with Crippen LogP contribution in [0.5, 0.6) is 0 Å². The molecule has 2 amide bonds. The Kier molecular flexibility index (Phi) is 6.50. The third-order valence-electron chi connectivity index (χ3n) is 4.20. The maximum absolute atomic E-state index is 12.0. The summed E-state index contributed by atoms with van der Waals surface area (Å²) in [6.45, 7) is 0.445. The molecule has 2 aromatic carbocycles. The van der Waals surface area contributed by atoms with E-state index in [1.54, 1.807) is 24.3 Å². The van der Waals surface area contributed by atoms with E-state index in [2.05, 4.69) is 16.7 Å². The zero-order valence-corrected chi connectivity index (χ0v) is 15.7. The van der Waals surface area contributed by atoms with E-state index in [-0.39, 0.29) is 11.8 Å². The van der Waals surface area contributed by atoms with E-state index in [1.807, 2.05) is 24.3 Å². The molecule has 2 aromatic rings. The quantitative estimate of drug-likeness (QED) is 0.739. The lowest BCUT2D eigenvalue weighted by atomic mass is 10.1. The number of nitrogens with one attached hydrogen (secondary N) is 2. The zero-order chi connectivity index (χ0) is 19.1. The first kappa shape index (κ1) is 19.0. The molecule has 0 unspecified atom stereocenters. The Balaban J connectivity index is 1.36. The first-order valence-electron chi connectivity index (χ1n) is 8.87. The van der Waals surface area contributed by atoms with Gasteiger partial charge < -0.3 is 10.6 Å². The first-order chi connectivity index (χ1) is 13.1. The Morgan fingerprint density at radius 2 is 1.70 bits per heavy atom. The van der Waals surface area contributed by atoms with Crippen molar-refractivity contribution in [2.24, 2.45) is 0 Å². The Bertz CT molecular complexity index is 837. The number of nitrogens with zero attached hydrogens (tertiary/aromatic N) is 1. The van der Waals surface area contributed by atoms with Gasteiger partial charge in [0, 0.05) is 23.9 Å². The smallest absolute Gasteiger partial charge is 0.251 e. The fraction of sp³-hybridized carbons (Fsp3) is 0.286. The van der Waals surface area contributed by atoms with Crippen LogP contribution in [0.2, 0.25) is 0 Å². The molecule has 138 valence electrons. The molecule has 1 saturated carbocycles. The van der Waals surface area contributed by atoms with Gasteiger partial charge in [0.15, 0.2) is 0 Å². The molecule has 2 N–H and O–H groups in total. The summed E-state index contributed by atoms with van der Waals surface area (Å²) in [6, 6.07) is 17.1. The minimum atomic E-state index is -0.0349. The lowest BCUT2D eigenvalue weighted by Gasteiger charge is -2.07. The monoisotopic (exact) mass is 379 g/mol. The number of hydrogen-bond donors (Lipinski definition) is 2. The van der Waals surface area contributed by atoms with Crippen LogP contribution in [0.1, 0.15) is 39.9 Å². The molecule has 0 saturated heterocycles. The molecule has 0 bridgehead atoms. The molecular formula is C21H21N3O2S. The summed E-state index contributed by atoms with van der Waals surface area (Å²) < 4.78 is 0. The molecule has 6 heteroatoms. The van der Waals surface area contributed by atoms with Gasteiger partial charge in [0.25, 0.3) is 5.91 Å². The van der Waals surface area contributed by atoms with Crippen molar-refractivity contribution in [3.8, 4) is 6.07 Å². The molecule has 1 aliphatic rings.